The first-order chi connectivity index (χ1) is 9.29. The second kappa shape index (κ2) is 5.59. The number of primary sulfonamides is 1. The van der Waals surface area contributed by atoms with Gasteiger partial charge in [0.2, 0.25) is 10.0 Å². The third-order valence-electron chi connectivity index (χ3n) is 3.32. The van der Waals surface area contributed by atoms with Gasteiger partial charge in [-0.2, -0.15) is 0 Å². The van der Waals surface area contributed by atoms with E-state index in [2.05, 4.69) is 0 Å². The van der Waals surface area contributed by atoms with Crippen LogP contribution in [-0.4, -0.2) is 42.7 Å². The third-order valence-corrected chi connectivity index (χ3v) is 4.94. The summed E-state index contributed by atoms with van der Waals surface area (Å²) in [6.07, 6.45) is 1.04. The topological polar surface area (TPSA) is 101 Å². The summed E-state index contributed by atoms with van der Waals surface area (Å²) in [4.78, 5) is 13.7. The lowest BCUT2D eigenvalue weighted by Gasteiger charge is -2.31. The standard InChI is InChI=1S/C12H15ClN2O4S/c13-10-6-8(3-4-11(10)16)12(17)15-5-1-2-9(7-15)20(14,18)19/h3-4,6,9,16H,1-2,5,7H2,(H2,14,18,19). The fourth-order valence-electron chi connectivity index (χ4n) is 2.21. The van der Waals surface area contributed by atoms with Gasteiger partial charge in [0.25, 0.3) is 5.91 Å². The van der Waals surface area contributed by atoms with Gasteiger partial charge in [-0.3, -0.25) is 4.79 Å². The molecule has 1 aliphatic rings. The highest BCUT2D eigenvalue weighted by Crippen LogP contribution is 2.25. The molecule has 1 fully saturated rings. The van der Waals surface area contributed by atoms with E-state index in [0.717, 1.165) is 0 Å². The lowest BCUT2D eigenvalue weighted by atomic mass is 10.1. The minimum atomic E-state index is -3.65. The fourth-order valence-corrected chi connectivity index (χ4v) is 3.28. The maximum absolute atomic E-state index is 12.3. The summed E-state index contributed by atoms with van der Waals surface area (Å²) in [7, 11) is -3.65. The molecule has 1 unspecified atom stereocenters. The molecular formula is C12H15ClN2O4S. The quantitative estimate of drug-likeness (QED) is 0.847. The molecule has 1 aromatic carbocycles. The van der Waals surface area contributed by atoms with Gasteiger partial charge in [-0.05, 0) is 31.0 Å². The van der Waals surface area contributed by atoms with Crippen molar-refractivity contribution in [3.05, 3.63) is 28.8 Å². The van der Waals surface area contributed by atoms with Crippen molar-refractivity contribution in [2.45, 2.75) is 18.1 Å². The largest absolute Gasteiger partial charge is 0.506 e. The molecule has 1 amide bonds. The van der Waals surface area contributed by atoms with Gasteiger partial charge in [-0.25, -0.2) is 13.6 Å². The van der Waals surface area contributed by atoms with E-state index >= 15 is 0 Å². The Morgan fingerprint density at radius 3 is 2.75 bits per heavy atom. The van der Waals surface area contributed by atoms with Gasteiger partial charge in [0.15, 0.2) is 0 Å². The molecule has 1 aliphatic heterocycles. The number of phenols is 1. The van der Waals surface area contributed by atoms with Crippen LogP contribution < -0.4 is 5.14 Å². The van der Waals surface area contributed by atoms with Crippen LogP contribution in [0.25, 0.3) is 0 Å². The molecule has 8 heteroatoms. The van der Waals surface area contributed by atoms with Crippen LogP contribution in [-0.2, 0) is 10.0 Å². The van der Waals surface area contributed by atoms with E-state index in [1.165, 1.54) is 23.1 Å². The third kappa shape index (κ3) is 3.23. The number of hydrogen-bond donors (Lipinski definition) is 2. The fraction of sp³-hybridized carbons (Fsp3) is 0.417. The first-order valence-electron chi connectivity index (χ1n) is 6.08. The van der Waals surface area contributed by atoms with E-state index in [-0.39, 0.29) is 23.2 Å². The predicted octanol–water partition coefficient (Wildman–Crippen LogP) is 0.939. The summed E-state index contributed by atoms with van der Waals surface area (Å²) in [5, 5.41) is 13.8. The number of nitrogens with zero attached hydrogens (tertiary/aromatic N) is 1. The number of halogens is 1. The molecule has 0 aromatic heterocycles. The zero-order valence-corrected chi connectivity index (χ0v) is 12.2. The molecule has 0 aliphatic carbocycles. The van der Waals surface area contributed by atoms with Crippen LogP contribution in [0.2, 0.25) is 5.02 Å². The van der Waals surface area contributed by atoms with Gasteiger partial charge in [0, 0.05) is 18.7 Å². The number of rotatable bonds is 2. The van der Waals surface area contributed by atoms with Crippen LogP contribution in [0.1, 0.15) is 23.2 Å². The van der Waals surface area contributed by atoms with Gasteiger partial charge in [0.1, 0.15) is 5.75 Å². The van der Waals surface area contributed by atoms with Crippen molar-refractivity contribution in [1.82, 2.24) is 4.90 Å². The van der Waals surface area contributed by atoms with Crippen molar-refractivity contribution < 1.29 is 18.3 Å². The molecule has 0 radical (unpaired) electrons. The zero-order valence-electron chi connectivity index (χ0n) is 10.6. The number of aromatic hydroxyl groups is 1. The van der Waals surface area contributed by atoms with E-state index in [0.29, 0.717) is 24.9 Å². The number of nitrogens with two attached hydrogens (primary N) is 1. The molecule has 1 saturated heterocycles. The Morgan fingerprint density at radius 2 is 2.15 bits per heavy atom. The second-order valence-corrected chi connectivity index (χ2v) is 7.02. The molecule has 1 heterocycles. The number of hydrogen-bond acceptors (Lipinski definition) is 4. The minimum absolute atomic E-state index is 0.0795. The average Bonchev–Trinajstić information content (AvgIpc) is 2.40. The Labute approximate surface area is 122 Å². The number of piperidine rings is 1. The molecule has 1 aromatic rings. The number of carbonyl (C=O) groups excluding carboxylic acids is 1. The SMILES string of the molecule is NS(=O)(=O)C1CCCN(C(=O)c2ccc(O)c(Cl)c2)C1. The van der Waals surface area contributed by atoms with Crippen molar-refractivity contribution in [3.63, 3.8) is 0 Å². The summed E-state index contributed by atoms with van der Waals surface area (Å²) in [5.74, 6) is -0.426. The van der Waals surface area contributed by atoms with E-state index in [1.54, 1.807) is 0 Å². The normalized spacial score (nSPS) is 19.9. The van der Waals surface area contributed by atoms with Gasteiger partial charge < -0.3 is 10.0 Å². The molecule has 0 saturated carbocycles. The highest BCUT2D eigenvalue weighted by molar-refractivity contribution is 7.89. The van der Waals surface area contributed by atoms with E-state index in [9.17, 15) is 18.3 Å². The van der Waals surface area contributed by atoms with Crippen LogP contribution in [0.4, 0.5) is 0 Å². The highest BCUT2D eigenvalue weighted by atomic mass is 35.5. The Bertz CT molecular complexity index is 632. The monoisotopic (exact) mass is 318 g/mol. The first-order valence-corrected chi connectivity index (χ1v) is 8.07. The summed E-state index contributed by atoms with van der Waals surface area (Å²) >= 11 is 5.76. The maximum atomic E-state index is 12.3. The highest BCUT2D eigenvalue weighted by Gasteiger charge is 2.30. The molecule has 110 valence electrons. The molecular weight excluding hydrogens is 304 g/mol. The van der Waals surface area contributed by atoms with Crippen LogP contribution in [0.5, 0.6) is 5.75 Å². The summed E-state index contributed by atoms with van der Waals surface area (Å²) in [5.41, 5.74) is 0.308. The molecule has 0 bridgehead atoms. The lowest BCUT2D eigenvalue weighted by Crippen LogP contribution is -2.47. The lowest BCUT2D eigenvalue weighted by molar-refractivity contribution is 0.0727. The van der Waals surface area contributed by atoms with Crippen LogP contribution >= 0.6 is 11.6 Å². The molecule has 6 nitrogen and oxygen atoms in total. The van der Waals surface area contributed by atoms with E-state index in [1.807, 2.05) is 0 Å². The van der Waals surface area contributed by atoms with Gasteiger partial charge in [-0.15, -0.1) is 0 Å². The Kier molecular flexibility index (Phi) is 4.22. The number of amides is 1. The van der Waals surface area contributed by atoms with Crippen molar-refractivity contribution >= 4 is 27.5 Å². The molecule has 0 spiro atoms. The van der Waals surface area contributed by atoms with Crippen LogP contribution in [0.15, 0.2) is 18.2 Å². The Morgan fingerprint density at radius 1 is 1.45 bits per heavy atom. The zero-order chi connectivity index (χ0) is 14.9. The summed E-state index contributed by atoms with van der Waals surface area (Å²) < 4.78 is 22.8. The van der Waals surface area contributed by atoms with Gasteiger partial charge in [0.05, 0.1) is 10.3 Å². The van der Waals surface area contributed by atoms with E-state index in [4.69, 9.17) is 16.7 Å². The molecule has 2 rings (SSSR count). The Balaban J connectivity index is 2.18. The molecule has 3 N–H and O–H groups in total. The first kappa shape index (κ1) is 15.1. The molecule has 20 heavy (non-hydrogen) atoms. The van der Waals surface area contributed by atoms with Crippen LogP contribution in [0, 0.1) is 0 Å². The van der Waals surface area contributed by atoms with E-state index < -0.39 is 15.3 Å². The van der Waals surface area contributed by atoms with Gasteiger partial charge in [-0.1, -0.05) is 11.6 Å². The van der Waals surface area contributed by atoms with Crippen molar-refractivity contribution in [2.24, 2.45) is 5.14 Å². The number of sulfonamides is 1. The maximum Gasteiger partial charge on any atom is 0.253 e. The minimum Gasteiger partial charge on any atom is -0.506 e. The van der Waals surface area contributed by atoms with Gasteiger partial charge >= 0.3 is 0 Å². The summed E-state index contributed by atoms with van der Waals surface area (Å²) in [6.45, 7) is 0.555. The van der Waals surface area contributed by atoms with Crippen molar-refractivity contribution in [1.29, 1.82) is 0 Å². The smallest absolute Gasteiger partial charge is 0.253 e. The predicted molar refractivity (Wildman–Crippen MR) is 75.1 cm³/mol. The molecule has 1 atom stereocenters. The average molecular weight is 319 g/mol. The summed E-state index contributed by atoms with van der Waals surface area (Å²) in [6, 6.07) is 4.14. The van der Waals surface area contributed by atoms with Crippen molar-refractivity contribution in [3.8, 4) is 5.75 Å². The number of phenolic OH excluding ortho intramolecular Hbond substituents is 1. The van der Waals surface area contributed by atoms with Crippen molar-refractivity contribution in [2.75, 3.05) is 13.1 Å². The number of likely N-dealkylation sites (tertiary alicyclic amines) is 1. The van der Waals surface area contributed by atoms with Crippen LogP contribution in [0.3, 0.4) is 0 Å². The number of carbonyl (C=O) groups is 1. The Hall–Kier alpha value is -1.31. The second-order valence-electron chi connectivity index (χ2n) is 4.77. The number of benzene rings is 1.